The van der Waals surface area contributed by atoms with Crippen LogP contribution in [0.15, 0.2) is 36.5 Å². The molecule has 2 unspecified atom stereocenters. The molecule has 2 atom stereocenters. The van der Waals surface area contributed by atoms with Gasteiger partial charge in [0.2, 0.25) is 5.82 Å². The Morgan fingerprint density at radius 2 is 2.00 bits per heavy atom. The summed E-state index contributed by atoms with van der Waals surface area (Å²) >= 11 is 0. The number of hydrogen-bond donors (Lipinski definition) is 1. The Morgan fingerprint density at radius 1 is 1.23 bits per heavy atom. The lowest BCUT2D eigenvalue weighted by molar-refractivity contribution is -0.126. The van der Waals surface area contributed by atoms with Gasteiger partial charge in [0, 0.05) is 31.5 Å². The van der Waals surface area contributed by atoms with Crippen molar-refractivity contribution in [1.29, 1.82) is 0 Å². The smallest absolute Gasteiger partial charge is 0.273 e. The number of pyridine rings is 1. The van der Waals surface area contributed by atoms with Crippen LogP contribution in [-0.2, 0) is 9.53 Å². The molecular formula is C25H30F2N4O4. The number of amides is 2. The van der Waals surface area contributed by atoms with Gasteiger partial charge >= 0.3 is 0 Å². The van der Waals surface area contributed by atoms with Crippen LogP contribution in [0.25, 0.3) is 0 Å². The molecule has 3 aliphatic heterocycles. The topological polar surface area (TPSA) is 84.0 Å². The Morgan fingerprint density at radius 3 is 2.57 bits per heavy atom. The molecule has 10 heteroatoms. The molecule has 0 saturated carbocycles. The van der Waals surface area contributed by atoms with E-state index in [2.05, 4.69) is 27.0 Å². The van der Waals surface area contributed by atoms with Crippen molar-refractivity contribution in [3.8, 4) is 5.75 Å². The molecule has 3 fully saturated rings. The highest BCUT2D eigenvalue weighted by atomic mass is 19.2. The summed E-state index contributed by atoms with van der Waals surface area (Å²) in [6.07, 6.45) is 3.95. The van der Waals surface area contributed by atoms with Gasteiger partial charge in [0.25, 0.3) is 11.8 Å². The molecule has 0 radical (unpaired) electrons. The van der Waals surface area contributed by atoms with Crippen molar-refractivity contribution in [3.63, 3.8) is 0 Å². The molecule has 1 N–H and O–H groups in total. The van der Waals surface area contributed by atoms with E-state index in [1.165, 1.54) is 19.2 Å². The van der Waals surface area contributed by atoms with Crippen molar-refractivity contribution >= 4 is 17.5 Å². The molecule has 2 aromatic rings. The average molecular weight is 489 g/mol. The summed E-state index contributed by atoms with van der Waals surface area (Å²) in [6.45, 7) is 4.59. The van der Waals surface area contributed by atoms with Crippen LogP contribution in [0.3, 0.4) is 0 Å². The number of aromatic nitrogens is 1. The number of nitrogens with one attached hydrogen (secondary N) is 1. The van der Waals surface area contributed by atoms with Gasteiger partial charge < -0.3 is 24.6 Å². The Hall–Kier alpha value is -3.11. The minimum absolute atomic E-state index is 0.000587. The largest absolute Gasteiger partial charge is 0.494 e. The number of hydrogen-bond acceptors (Lipinski definition) is 6. The number of methoxy groups -OCH3 is 1. The van der Waals surface area contributed by atoms with Gasteiger partial charge in [0.1, 0.15) is 11.8 Å². The summed E-state index contributed by atoms with van der Waals surface area (Å²) < 4.78 is 34.9. The zero-order valence-corrected chi connectivity index (χ0v) is 20.1. The standard InChI is InChI=1S/C18H24N4O3.C7H6F2O/c1-12-3-4-15(25-12)16(23)20-13-5-7-19-14(9-13)17(24)22-8-6-18(22)10-21(2)11-18;1-10-6-4-2-3-5(8)7(6)9/h5,7,9,12,15H,3-4,6,8,10-11H2,1-2H3,(H,19,20,23);2-4H,1H3. The van der Waals surface area contributed by atoms with Crippen molar-refractivity contribution in [3.05, 3.63) is 53.9 Å². The number of halogens is 2. The second-order valence-corrected chi connectivity index (χ2v) is 9.29. The number of carbonyl (C=O) groups is 2. The lowest BCUT2D eigenvalue weighted by Crippen LogP contribution is -2.77. The lowest BCUT2D eigenvalue weighted by Gasteiger charge is -2.61. The van der Waals surface area contributed by atoms with E-state index in [-0.39, 0.29) is 29.2 Å². The first kappa shape index (κ1) is 25.0. The molecule has 2 amide bonds. The van der Waals surface area contributed by atoms with Crippen molar-refractivity contribution in [2.75, 3.05) is 39.1 Å². The summed E-state index contributed by atoms with van der Waals surface area (Å²) in [5.74, 6) is -2.11. The molecule has 0 bridgehead atoms. The first-order valence-electron chi connectivity index (χ1n) is 11.6. The molecule has 5 rings (SSSR count). The van der Waals surface area contributed by atoms with Gasteiger partial charge in [-0.1, -0.05) is 6.07 Å². The molecule has 1 spiro atoms. The van der Waals surface area contributed by atoms with Crippen LogP contribution in [0, 0.1) is 11.6 Å². The highest BCUT2D eigenvalue weighted by molar-refractivity contribution is 5.97. The number of likely N-dealkylation sites (tertiary alicyclic amines) is 2. The average Bonchev–Trinajstić information content (AvgIpc) is 3.25. The zero-order chi connectivity index (χ0) is 25.2. The minimum atomic E-state index is -0.940. The van der Waals surface area contributed by atoms with Gasteiger partial charge in [0.05, 0.1) is 18.8 Å². The van der Waals surface area contributed by atoms with E-state index in [0.29, 0.717) is 11.4 Å². The maximum Gasteiger partial charge on any atom is 0.273 e. The van der Waals surface area contributed by atoms with E-state index in [4.69, 9.17) is 4.74 Å². The van der Waals surface area contributed by atoms with Crippen LogP contribution in [0.5, 0.6) is 5.75 Å². The van der Waals surface area contributed by atoms with Crippen molar-refractivity contribution in [2.45, 2.75) is 43.9 Å². The summed E-state index contributed by atoms with van der Waals surface area (Å²) in [6, 6.07) is 7.15. The second kappa shape index (κ2) is 10.2. The number of anilines is 1. The molecule has 35 heavy (non-hydrogen) atoms. The Balaban J connectivity index is 0.000000243. The third-order valence-corrected chi connectivity index (χ3v) is 6.65. The van der Waals surface area contributed by atoms with Crippen LogP contribution < -0.4 is 10.1 Å². The van der Waals surface area contributed by atoms with Gasteiger partial charge in [0.15, 0.2) is 11.6 Å². The number of benzene rings is 1. The SMILES string of the molecule is CC1CCC(C(=O)Nc2ccnc(C(=O)N3CCC34CN(C)C4)c2)O1.COc1cccc(F)c1F. The summed E-state index contributed by atoms with van der Waals surface area (Å²) in [5.41, 5.74) is 0.972. The fraction of sp³-hybridized carbons (Fsp3) is 0.480. The maximum absolute atomic E-state index is 12.8. The van der Waals surface area contributed by atoms with Crippen molar-refractivity contribution < 1.29 is 27.8 Å². The van der Waals surface area contributed by atoms with Gasteiger partial charge in [-0.25, -0.2) is 4.39 Å². The van der Waals surface area contributed by atoms with E-state index < -0.39 is 17.7 Å². The Bertz CT molecular complexity index is 1090. The third kappa shape index (κ3) is 5.28. The quantitative estimate of drug-likeness (QED) is 0.712. The summed E-state index contributed by atoms with van der Waals surface area (Å²) in [5, 5.41) is 2.85. The fourth-order valence-corrected chi connectivity index (χ4v) is 4.77. The Kier molecular flexibility index (Phi) is 7.32. The molecular weight excluding hydrogens is 458 g/mol. The van der Waals surface area contributed by atoms with Gasteiger partial charge in [-0.05, 0) is 57.5 Å². The van der Waals surface area contributed by atoms with Crippen LogP contribution in [0.2, 0.25) is 0 Å². The van der Waals surface area contributed by atoms with E-state index in [1.807, 2.05) is 11.8 Å². The molecule has 3 saturated heterocycles. The predicted octanol–water partition coefficient (Wildman–Crippen LogP) is 3.09. The predicted molar refractivity (Wildman–Crippen MR) is 125 cm³/mol. The normalized spacial score (nSPS) is 22.5. The van der Waals surface area contributed by atoms with E-state index in [1.54, 1.807) is 18.3 Å². The molecule has 0 aliphatic carbocycles. The third-order valence-electron chi connectivity index (χ3n) is 6.65. The van der Waals surface area contributed by atoms with Gasteiger partial charge in [-0.3, -0.25) is 14.6 Å². The number of likely N-dealkylation sites (N-methyl/N-ethyl adjacent to an activating group) is 1. The number of nitrogens with zero attached hydrogens (tertiary/aromatic N) is 3. The lowest BCUT2D eigenvalue weighted by atomic mass is 9.77. The first-order chi connectivity index (χ1) is 16.7. The minimum Gasteiger partial charge on any atom is -0.494 e. The monoisotopic (exact) mass is 488 g/mol. The molecule has 4 heterocycles. The maximum atomic E-state index is 12.8. The van der Waals surface area contributed by atoms with E-state index in [9.17, 15) is 18.4 Å². The second-order valence-electron chi connectivity index (χ2n) is 9.29. The van der Waals surface area contributed by atoms with Crippen LogP contribution in [0.1, 0.15) is 36.7 Å². The molecule has 3 aliphatic rings. The van der Waals surface area contributed by atoms with Crippen LogP contribution >= 0.6 is 0 Å². The molecule has 1 aromatic carbocycles. The number of carbonyl (C=O) groups excluding carboxylic acids is 2. The zero-order valence-electron chi connectivity index (χ0n) is 20.1. The molecule has 8 nitrogen and oxygen atoms in total. The van der Waals surface area contributed by atoms with Gasteiger partial charge in [-0.2, -0.15) is 4.39 Å². The van der Waals surface area contributed by atoms with Gasteiger partial charge in [-0.15, -0.1) is 0 Å². The number of rotatable bonds is 4. The summed E-state index contributed by atoms with van der Waals surface area (Å²) in [4.78, 5) is 33.4. The Labute approximate surface area is 203 Å². The van der Waals surface area contributed by atoms with Crippen LogP contribution in [-0.4, -0.2) is 78.1 Å². The van der Waals surface area contributed by atoms with Crippen molar-refractivity contribution in [1.82, 2.24) is 14.8 Å². The molecule has 188 valence electrons. The first-order valence-corrected chi connectivity index (χ1v) is 11.6. The van der Waals surface area contributed by atoms with E-state index >= 15 is 0 Å². The highest BCUT2D eigenvalue weighted by Crippen LogP contribution is 2.39. The highest BCUT2D eigenvalue weighted by Gasteiger charge is 2.54. The van der Waals surface area contributed by atoms with Crippen molar-refractivity contribution in [2.24, 2.45) is 0 Å². The number of ether oxygens (including phenoxy) is 2. The van der Waals surface area contributed by atoms with E-state index in [0.717, 1.165) is 45.0 Å². The van der Waals surface area contributed by atoms with Crippen LogP contribution in [0.4, 0.5) is 14.5 Å². The summed E-state index contributed by atoms with van der Waals surface area (Å²) in [7, 11) is 3.35. The fourth-order valence-electron chi connectivity index (χ4n) is 4.77. The molecule has 1 aromatic heterocycles.